The van der Waals surface area contributed by atoms with Crippen molar-refractivity contribution in [1.29, 1.82) is 0 Å². The van der Waals surface area contributed by atoms with E-state index in [9.17, 15) is 0 Å². The SMILES string of the molecule is CCn1ccnc1[C@H]1OCCC[C@@H]1NCc1ccc(CO)o1. The van der Waals surface area contributed by atoms with Crippen molar-refractivity contribution in [2.24, 2.45) is 0 Å². The van der Waals surface area contributed by atoms with Gasteiger partial charge < -0.3 is 24.1 Å². The van der Waals surface area contributed by atoms with E-state index in [1.165, 1.54) is 0 Å². The van der Waals surface area contributed by atoms with Crippen molar-refractivity contribution >= 4 is 0 Å². The summed E-state index contributed by atoms with van der Waals surface area (Å²) in [4.78, 5) is 4.47. The summed E-state index contributed by atoms with van der Waals surface area (Å²) in [6.45, 7) is 4.32. The fourth-order valence-electron chi connectivity index (χ4n) is 2.92. The first kappa shape index (κ1) is 15.3. The van der Waals surface area contributed by atoms with Gasteiger partial charge in [-0.1, -0.05) is 0 Å². The molecule has 0 spiro atoms. The molecule has 0 amide bonds. The maximum atomic E-state index is 9.05. The van der Waals surface area contributed by atoms with E-state index in [1.54, 1.807) is 6.07 Å². The maximum Gasteiger partial charge on any atom is 0.139 e. The molecular weight excluding hydrogens is 282 g/mol. The molecule has 0 bridgehead atoms. The average molecular weight is 305 g/mol. The highest BCUT2D eigenvalue weighted by molar-refractivity contribution is 5.07. The minimum absolute atomic E-state index is 0.0315. The number of nitrogens with zero attached hydrogens (tertiary/aromatic N) is 2. The number of ether oxygens (including phenoxy) is 1. The minimum Gasteiger partial charge on any atom is -0.462 e. The van der Waals surface area contributed by atoms with Gasteiger partial charge in [0.05, 0.1) is 6.54 Å². The quantitative estimate of drug-likeness (QED) is 0.854. The van der Waals surface area contributed by atoms with Crippen LogP contribution in [0.4, 0.5) is 0 Å². The monoisotopic (exact) mass is 305 g/mol. The Balaban J connectivity index is 1.67. The summed E-state index contributed by atoms with van der Waals surface area (Å²) in [5.74, 6) is 2.40. The molecular formula is C16H23N3O3. The third-order valence-electron chi connectivity index (χ3n) is 4.08. The summed E-state index contributed by atoms with van der Waals surface area (Å²) in [7, 11) is 0. The van der Waals surface area contributed by atoms with Crippen molar-refractivity contribution in [3.63, 3.8) is 0 Å². The van der Waals surface area contributed by atoms with E-state index in [0.29, 0.717) is 12.3 Å². The largest absolute Gasteiger partial charge is 0.462 e. The van der Waals surface area contributed by atoms with Crippen LogP contribution in [0.3, 0.4) is 0 Å². The van der Waals surface area contributed by atoms with Crippen molar-refractivity contribution in [2.75, 3.05) is 6.61 Å². The van der Waals surface area contributed by atoms with Gasteiger partial charge in [-0.15, -0.1) is 0 Å². The lowest BCUT2D eigenvalue weighted by atomic mass is 10.0. The Morgan fingerprint density at radius 1 is 1.41 bits per heavy atom. The van der Waals surface area contributed by atoms with E-state index in [0.717, 1.165) is 37.6 Å². The molecule has 0 unspecified atom stereocenters. The van der Waals surface area contributed by atoms with Gasteiger partial charge in [-0.05, 0) is 31.9 Å². The summed E-state index contributed by atoms with van der Waals surface area (Å²) in [5.41, 5.74) is 0. The molecule has 2 N–H and O–H groups in total. The van der Waals surface area contributed by atoms with Crippen LogP contribution < -0.4 is 5.32 Å². The first-order valence-corrected chi connectivity index (χ1v) is 7.86. The van der Waals surface area contributed by atoms with Gasteiger partial charge in [0, 0.05) is 31.6 Å². The van der Waals surface area contributed by atoms with Gasteiger partial charge in [0.15, 0.2) is 0 Å². The molecule has 6 nitrogen and oxygen atoms in total. The highest BCUT2D eigenvalue weighted by Gasteiger charge is 2.30. The topological polar surface area (TPSA) is 72.5 Å². The van der Waals surface area contributed by atoms with Crippen LogP contribution in [-0.4, -0.2) is 27.3 Å². The smallest absolute Gasteiger partial charge is 0.139 e. The van der Waals surface area contributed by atoms with Gasteiger partial charge in [0.2, 0.25) is 0 Å². The number of nitrogens with one attached hydrogen (secondary N) is 1. The second kappa shape index (κ2) is 7.09. The van der Waals surface area contributed by atoms with Gasteiger partial charge in [-0.3, -0.25) is 0 Å². The van der Waals surface area contributed by atoms with Crippen LogP contribution in [0.2, 0.25) is 0 Å². The number of aryl methyl sites for hydroxylation is 1. The number of hydrogen-bond donors (Lipinski definition) is 2. The van der Waals surface area contributed by atoms with E-state index in [4.69, 9.17) is 14.3 Å². The van der Waals surface area contributed by atoms with Crippen molar-refractivity contribution in [3.05, 3.63) is 41.9 Å². The molecule has 2 atom stereocenters. The van der Waals surface area contributed by atoms with Gasteiger partial charge >= 0.3 is 0 Å². The number of imidazole rings is 1. The van der Waals surface area contributed by atoms with Gasteiger partial charge in [-0.2, -0.15) is 0 Å². The highest BCUT2D eigenvalue weighted by Crippen LogP contribution is 2.27. The van der Waals surface area contributed by atoms with E-state index in [2.05, 4.69) is 21.8 Å². The van der Waals surface area contributed by atoms with Crippen LogP contribution in [0.25, 0.3) is 0 Å². The van der Waals surface area contributed by atoms with Crippen LogP contribution in [0, 0.1) is 0 Å². The molecule has 120 valence electrons. The fraction of sp³-hybridized carbons (Fsp3) is 0.562. The second-order valence-corrected chi connectivity index (χ2v) is 5.52. The molecule has 0 saturated carbocycles. The molecule has 2 aromatic heterocycles. The van der Waals surface area contributed by atoms with Crippen LogP contribution >= 0.6 is 0 Å². The molecule has 0 aromatic carbocycles. The van der Waals surface area contributed by atoms with Crippen LogP contribution in [0.1, 0.15) is 43.2 Å². The minimum atomic E-state index is -0.0664. The normalized spacial score (nSPS) is 22.1. The number of rotatable bonds is 6. The molecule has 1 aliphatic heterocycles. The summed E-state index contributed by atoms with van der Waals surface area (Å²) in [6, 6.07) is 3.91. The first-order chi connectivity index (χ1) is 10.8. The Bertz CT molecular complexity index is 593. The number of aliphatic hydroxyl groups is 1. The number of furan rings is 1. The fourth-order valence-corrected chi connectivity index (χ4v) is 2.92. The number of aromatic nitrogens is 2. The average Bonchev–Trinajstić information content (AvgIpc) is 3.21. The zero-order valence-electron chi connectivity index (χ0n) is 12.9. The lowest BCUT2D eigenvalue weighted by Gasteiger charge is -2.32. The summed E-state index contributed by atoms with van der Waals surface area (Å²) < 4.78 is 13.6. The Kier molecular flexibility index (Phi) is 4.92. The first-order valence-electron chi connectivity index (χ1n) is 7.86. The molecule has 1 fully saturated rings. The highest BCUT2D eigenvalue weighted by atomic mass is 16.5. The van der Waals surface area contributed by atoms with Crippen molar-refractivity contribution in [1.82, 2.24) is 14.9 Å². The molecule has 0 radical (unpaired) electrons. The lowest BCUT2D eigenvalue weighted by molar-refractivity contribution is -0.0186. The Labute approximate surface area is 130 Å². The van der Waals surface area contributed by atoms with Crippen LogP contribution in [0.5, 0.6) is 0 Å². The molecule has 3 heterocycles. The third-order valence-corrected chi connectivity index (χ3v) is 4.08. The predicted octanol–water partition coefficient (Wildman–Crippen LogP) is 2.00. The zero-order valence-corrected chi connectivity index (χ0v) is 12.9. The lowest BCUT2D eigenvalue weighted by Crippen LogP contribution is -2.40. The number of hydrogen-bond acceptors (Lipinski definition) is 5. The summed E-state index contributed by atoms with van der Waals surface area (Å²) in [6.07, 6.45) is 5.88. The molecule has 1 aliphatic rings. The van der Waals surface area contributed by atoms with E-state index >= 15 is 0 Å². The van der Waals surface area contributed by atoms with Gasteiger partial charge in [0.25, 0.3) is 0 Å². The van der Waals surface area contributed by atoms with Gasteiger partial charge in [0.1, 0.15) is 30.1 Å². The molecule has 2 aromatic rings. The van der Waals surface area contributed by atoms with E-state index in [-0.39, 0.29) is 18.8 Å². The van der Waals surface area contributed by atoms with Gasteiger partial charge in [-0.25, -0.2) is 4.98 Å². The van der Waals surface area contributed by atoms with Crippen molar-refractivity contribution in [3.8, 4) is 0 Å². The third kappa shape index (κ3) is 3.24. The van der Waals surface area contributed by atoms with Crippen LogP contribution in [-0.2, 0) is 24.4 Å². The predicted molar refractivity (Wildman–Crippen MR) is 81.1 cm³/mol. The van der Waals surface area contributed by atoms with Crippen molar-refractivity contribution < 1.29 is 14.3 Å². The number of aliphatic hydroxyl groups excluding tert-OH is 1. The molecule has 0 aliphatic carbocycles. The molecule has 22 heavy (non-hydrogen) atoms. The van der Waals surface area contributed by atoms with E-state index < -0.39 is 0 Å². The Morgan fingerprint density at radius 2 is 2.27 bits per heavy atom. The zero-order chi connectivity index (χ0) is 15.4. The standard InChI is InChI=1S/C16H23N3O3/c1-2-19-8-7-17-16(19)15-14(4-3-9-21-15)18-10-12-5-6-13(11-20)22-12/h5-8,14-15,18,20H,2-4,9-11H2,1H3/t14-,15-/m0/s1. The van der Waals surface area contributed by atoms with Crippen LogP contribution in [0.15, 0.2) is 28.9 Å². The maximum absolute atomic E-state index is 9.05. The Morgan fingerprint density at radius 3 is 3.05 bits per heavy atom. The molecule has 6 heteroatoms. The molecule has 1 saturated heterocycles. The summed E-state index contributed by atoms with van der Waals surface area (Å²) >= 11 is 0. The molecule has 3 rings (SSSR count). The second-order valence-electron chi connectivity index (χ2n) is 5.52. The summed E-state index contributed by atoms with van der Waals surface area (Å²) in [5, 5.41) is 12.6. The Hall–Kier alpha value is -1.63. The van der Waals surface area contributed by atoms with Crippen molar-refractivity contribution in [2.45, 2.75) is 51.6 Å². The van der Waals surface area contributed by atoms with E-state index in [1.807, 2.05) is 18.5 Å².